The molecule has 0 saturated heterocycles. The van der Waals surface area contributed by atoms with Gasteiger partial charge in [0.25, 0.3) is 5.91 Å². The molecule has 0 fully saturated rings. The van der Waals surface area contributed by atoms with E-state index in [1.54, 1.807) is 0 Å². The lowest BCUT2D eigenvalue weighted by Gasteiger charge is -2.06. The van der Waals surface area contributed by atoms with Crippen molar-refractivity contribution < 1.29 is 9.63 Å². The molecule has 0 spiro atoms. The van der Waals surface area contributed by atoms with Gasteiger partial charge in [-0.2, -0.15) is 5.10 Å². The lowest BCUT2D eigenvalue weighted by atomic mass is 10.2. The zero-order valence-corrected chi connectivity index (χ0v) is 13.8. The van der Waals surface area contributed by atoms with Crippen molar-refractivity contribution in [3.8, 4) is 5.69 Å². The first-order chi connectivity index (χ1) is 12.3. The Balaban J connectivity index is 1.51. The van der Waals surface area contributed by atoms with Crippen LogP contribution in [0.15, 0.2) is 60.7 Å². The third-order valence-corrected chi connectivity index (χ3v) is 4.39. The second-order valence-electron chi connectivity index (χ2n) is 6.08. The first-order valence-corrected chi connectivity index (χ1v) is 8.45. The van der Waals surface area contributed by atoms with Crippen molar-refractivity contribution in [1.82, 2.24) is 15.3 Å². The maximum Gasteiger partial charge on any atom is 0.295 e. The molecular formula is C20H19N3O2. The van der Waals surface area contributed by atoms with Gasteiger partial charge in [0.2, 0.25) is 0 Å². The van der Waals surface area contributed by atoms with Crippen LogP contribution in [0.1, 0.15) is 33.7 Å². The summed E-state index contributed by atoms with van der Waals surface area (Å²) in [5, 5.41) is 4.55. The Morgan fingerprint density at radius 2 is 1.76 bits per heavy atom. The number of amides is 1. The highest BCUT2D eigenvalue weighted by molar-refractivity contribution is 5.93. The second kappa shape index (κ2) is 6.91. The smallest absolute Gasteiger partial charge is 0.269 e. The van der Waals surface area contributed by atoms with E-state index in [2.05, 4.69) is 10.6 Å². The Morgan fingerprint density at radius 3 is 2.52 bits per heavy atom. The Hall–Kier alpha value is -2.92. The van der Waals surface area contributed by atoms with Crippen LogP contribution >= 0.6 is 0 Å². The molecule has 1 aromatic heterocycles. The fourth-order valence-corrected chi connectivity index (χ4v) is 3.21. The lowest BCUT2D eigenvalue weighted by Crippen LogP contribution is -2.25. The zero-order valence-electron chi connectivity index (χ0n) is 13.8. The second-order valence-corrected chi connectivity index (χ2v) is 6.08. The Labute approximate surface area is 146 Å². The number of carbonyl (C=O) groups is 1. The van der Waals surface area contributed by atoms with Crippen LogP contribution in [0.3, 0.4) is 0 Å². The molecule has 0 unspecified atom stereocenters. The van der Waals surface area contributed by atoms with Crippen LogP contribution < -0.4 is 5.48 Å². The van der Waals surface area contributed by atoms with Crippen LogP contribution in [0.2, 0.25) is 0 Å². The molecule has 126 valence electrons. The van der Waals surface area contributed by atoms with E-state index in [9.17, 15) is 4.79 Å². The van der Waals surface area contributed by atoms with Gasteiger partial charge in [-0.15, -0.1) is 0 Å². The van der Waals surface area contributed by atoms with E-state index in [-0.39, 0.29) is 5.91 Å². The van der Waals surface area contributed by atoms with Crippen LogP contribution in [0.4, 0.5) is 0 Å². The summed E-state index contributed by atoms with van der Waals surface area (Å²) in [6.07, 6.45) is 2.87. The molecule has 1 N–H and O–H groups in total. The third-order valence-electron chi connectivity index (χ3n) is 4.39. The zero-order chi connectivity index (χ0) is 17.1. The number of nitrogens with zero attached hydrogens (tertiary/aromatic N) is 2. The van der Waals surface area contributed by atoms with Gasteiger partial charge < -0.3 is 0 Å². The highest BCUT2D eigenvalue weighted by atomic mass is 16.6. The SMILES string of the molecule is O=C(NOCc1ccccc1)c1nn(-c2ccccc2)c2c1CCC2. The summed E-state index contributed by atoms with van der Waals surface area (Å²) in [7, 11) is 0. The third kappa shape index (κ3) is 3.19. The van der Waals surface area contributed by atoms with Gasteiger partial charge in [-0.05, 0) is 37.0 Å². The fourth-order valence-electron chi connectivity index (χ4n) is 3.21. The van der Waals surface area contributed by atoms with Crippen molar-refractivity contribution in [2.45, 2.75) is 25.9 Å². The van der Waals surface area contributed by atoms with Crippen molar-refractivity contribution in [3.63, 3.8) is 0 Å². The van der Waals surface area contributed by atoms with E-state index in [0.717, 1.165) is 41.8 Å². The topological polar surface area (TPSA) is 56.1 Å². The summed E-state index contributed by atoms with van der Waals surface area (Å²) in [5.41, 5.74) is 7.13. The predicted molar refractivity (Wildman–Crippen MR) is 94.3 cm³/mol. The van der Waals surface area contributed by atoms with Crippen molar-refractivity contribution >= 4 is 5.91 Å². The summed E-state index contributed by atoms with van der Waals surface area (Å²) in [5.74, 6) is -0.288. The van der Waals surface area contributed by atoms with E-state index in [4.69, 9.17) is 4.84 Å². The molecular weight excluding hydrogens is 314 g/mol. The van der Waals surface area contributed by atoms with Crippen molar-refractivity contribution in [2.24, 2.45) is 0 Å². The molecule has 2 aromatic carbocycles. The average Bonchev–Trinajstić information content (AvgIpc) is 3.26. The van der Waals surface area contributed by atoms with Crippen LogP contribution in [0, 0.1) is 0 Å². The summed E-state index contributed by atoms with van der Waals surface area (Å²) in [6.45, 7) is 0.328. The largest absolute Gasteiger partial charge is 0.295 e. The van der Waals surface area contributed by atoms with E-state index in [0.29, 0.717) is 12.3 Å². The number of fused-ring (bicyclic) bond motifs is 1. The highest BCUT2D eigenvalue weighted by Crippen LogP contribution is 2.27. The maximum absolute atomic E-state index is 12.5. The number of benzene rings is 2. The van der Waals surface area contributed by atoms with Crippen LogP contribution in [0.25, 0.3) is 5.69 Å². The number of hydrogen-bond acceptors (Lipinski definition) is 3. The van der Waals surface area contributed by atoms with Gasteiger partial charge in [0.1, 0.15) is 0 Å². The first-order valence-electron chi connectivity index (χ1n) is 8.45. The minimum Gasteiger partial charge on any atom is -0.269 e. The molecule has 1 heterocycles. The Morgan fingerprint density at radius 1 is 1.04 bits per heavy atom. The Bertz CT molecular complexity index is 873. The molecule has 0 radical (unpaired) electrons. The summed E-state index contributed by atoms with van der Waals surface area (Å²) in [4.78, 5) is 17.9. The minimum absolute atomic E-state index is 0.288. The molecule has 0 saturated carbocycles. The van der Waals surface area contributed by atoms with Crippen molar-refractivity contribution in [2.75, 3.05) is 0 Å². The number of hydroxylamine groups is 1. The van der Waals surface area contributed by atoms with Gasteiger partial charge in [0.15, 0.2) is 5.69 Å². The number of aromatic nitrogens is 2. The summed E-state index contributed by atoms with van der Waals surface area (Å²) in [6, 6.07) is 19.6. The molecule has 5 nitrogen and oxygen atoms in total. The van der Waals surface area contributed by atoms with Gasteiger partial charge in [0.05, 0.1) is 12.3 Å². The number of para-hydroxylation sites is 1. The molecule has 1 aliphatic rings. The molecule has 25 heavy (non-hydrogen) atoms. The average molecular weight is 333 g/mol. The standard InChI is InChI=1S/C20H19N3O2/c24-20(22-25-14-15-8-3-1-4-9-15)19-17-12-7-13-18(17)23(21-19)16-10-5-2-6-11-16/h1-6,8-11H,7,12-14H2,(H,22,24). The van der Waals surface area contributed by atoms with Gasteiger partial charge in [-0.25, -0.2) is 10.2 Å². The van der Waals surface area contributed by atoms with Crippen molar-refractivity contribution in [3.05, 3.63) is 83.2 Å². The van der Waals surface area contributed by atoms with Crippen molar-refractivity contribution in [1.29, 1.82) is 0 Å². The normalized spacial score (nSPS) is 12.8. The molecule has 4 rings (SSSR count). The molecule has 1 amide bonds. The van der Waals surface area contributed by atoms with E-state index < -0.39 is 0 Å². The molecule has 0 aliphatic heterocycles. The van der Waals surface area contributed by atoms with E-state index in [1.165, 1.54) is 0 Å². The number of hydrogen-bond donors (Lipinski definition) is 1. The lowest BCUT2D eigenvalue weighted by molar-refractivity contribution is 0.0228. The van der Waals surface area contributed by atoms with E-state index >= 15 is 0 Å². The number of nitrogens with one attached hydrogen (secondary N) is 1. The molecule has 0 atom stereocenters. The van der Waals surface area contributed by atoms with Gasteiger partial charge >= 0.3 is 0 Å². The quantitative estimate of drug-likeness (QED) is 0.729. The molecule has 0 bridgehead atoms. The minimum atomic E-state index is -0.288. The van der Waals surface area contributed by atoms with E-state index in [1.807, 2.05) is 65.3 Å². The first kappa shape index (κ1) is 15.6. The number of carbonyl (C=O) groups excluding carboxylic acids is 1. The summed E-state index contributed by atoms with van der Waals surface area (Å²) < 4.78 is 1.88. The molecule has 3 aromatic rings. The van der Waals surface area contributed by atoms with Crippen LogP contribution in [-0.2, 0) is 24.3 Å². The monoisotopic (exact) mass is 333 g/mol. The molecule has 5 heteroatoms. The van der Waals surface area contributed by atoms with Crippen LogP contribution in [0.5, 0.6) is 0 Å². The van der Waals surface area contributed by atoms with Crippen LogP contribution in [-0.4, -0.2) is 15.7 Å². The Kier molecular flexibility index (Phi) is 4.31. The summed E-state index contributed by atoms with van der Waals surface area (Å²) >= 11 is 0. The van der Waals surface area contributed by atoms with Gasteiger partial charge in [-0.1, -0.05) is 48.5 Å². The number of rotatable bonds is 5. The highest BCUT2D eigenvalue weighted by Gasteiger charge is 2.27. The van der Waals surface area contributed by atoms with Gasteiger partial charge in [-0.3, -0.25) is 9.63 Å². The predicted octanol–water partition coefficient (Wildman–Crippen LogP) is 3.22. The molecule has 1 aliphatic carbocycles. The fraction of sp³-hybridized carbons (Fsp3) is 0.200. The maximum atomic E-state index is 12.5. The van der Waals surface area contributed by atoms with Gasteiger partial charge in [0, 0.05) is 11.3 Å².